The first-order valence-electron chi connectivity index (χ1n) is 9.04. The third kappa shape index (κ3) is 3.82. The van der Waals surface area contributed by atoms with E-state index in [-0.39, 0.29) is 11.9 Å². The minimum Gasteiger partial charge on any atom is -0.336 e. The molecule has 3 rings (SSSR count). The Balaban J connectivity index is 1.84. The van der Waals surface area contributed by atoms with Crippen molar-refractivity contribution < 1.29 is 13.2 Å². The van der Waals surface area contributed by atoms with Gasteiger partial charge in [0.25, 0.3) is 5.91 Å². The highest BCUT2D eigenvalue weighted by molar-refractivity contribution is 7.92. The summed E-state index contributed by atoms with van der Waals surface area (Å²) in [6.45, 7) is 5.21. The third-order valence-electron chi connectivity index (χ3n) is 5.05. The average molecular weight is 365 g/mol. The first-order chi connectivity index (χ1) is 11.9. The number of amides is 1. The van der Waals surface area contributed by atoms with Crippen molar-refractivity contribution in [2.75, 3.05) is 36.7 Å². The highest BCUT2D eigenvalue weighted by atomic mass is 32.2. The molecule has 0 spiro atoms. The molecule has 0 aromatic heterocycles. The average Bonchev–Trinajstić information content (AvgIpc) is 3.03. The first kappa shape index (κ1) is 18.2. The van der Waals surface area contributed by atoms with Gasteiger partial charge in [0.05, 0.1) is 11.9 Å². The molecule has 1 aromatic rings. The number of hydrogen-bond donors (Lipinski definition) is 1. The zero-order chi connectivity index (χ0) is 18.0. The Morgan fingerprint density at radius 3 is 2.68 bits per heavy atom. The Bertz CT molecular complexity index is 742. The lowest BCUT2D eigenvalue weighted by molar-refractivity contribution is 0.0642. The van der Waals surface area contributed by atoms with Gasteiger partial charge in [-0.25, -0.2) is 8.42 Å². The molecule has 1 N–H and O–H groups in total. The first-order valence-corrected chi connectivity index (χ1v) is 10.9. The maximum Gasteiger partial charge on any atom is 0.254 e. The van der Waals surface area contributed by atoms with E-state index in [1.54, 1.807) is 12.1 Å². The van der Waals surface area contributed by atoms with Gasteiger partial charge in [0, 0.05) is 24.7 Å². The van der Waals surface area contributed by atoms with Crippen LogP contribution >= 0.6 is 0 Å². The summed E-state index contributed by atoms with van der Waals surface area (Å²) in [6.07, 6.45) is 4.78. The smallest absolute Gasteiger partial charge is 0.254 e. The minimum absolute atomic E-state index is 0.0642. The van der Waals surface area contributed by atoms with Crippen molar-refractivity contribution >= 4 is 21.6 Å². The van der Waals surface area contributed by atoms with Crippen LogP contribution in [0.3, 0.4) is 0 Å². The van der Waals surface area contributed by atoms with E-state index in [9.17, 15) is 13.2 Å². The van der Waals surface area contributed by atoms with Gasteiger partial charge in [-0.1, -0.05) is 6.92 Å². The second kappa shape index (κ2) is 7.33. The minimum atomic E-state index is -3.26. The van der Waals surface area contributed by atoms with Crippen LogP contribution in [0.15, 0.2) is 18.2 Å². The van der Waals surface area contributed by atoms with Gasteiger partial charge in [-0.05, 0) is 62.5 Å². The Hall–Kier alpha value is -1.60. The van der Waals surface area contributed by atoms with Gasteiger partial charge in [0.15, 0.2) is 0 Å². The van der Waals surface area contributed by atoms with Crippen LogP contribution in [-0.4, -0.2) is 57.7 Å². The van der Waals surface area contributed by atoms with Gasteiger partial charge >= 0.3 is 0 Å². The molecule has 2 heterocycles. The molecular weight excluding hydrogens is 338 g/mol. The van der Waals surface area contributed by atoms with Crippen LogP contribution in [0.1, 0.15) is 42.1 Å². The summed E-state index contributed by atoms with van der Waals surface area (Å²) in [5.41, 5.74) is 2.32. The number of piperidine rings is 1. The fraction of sp³-hybridized carbons (Fsp3) is 0.611. The normalized spacial score (nSPS) is 18.2. The Labute approximate surface area is 150 Å². The van der Waals surface area contributed by atoms with Crippen LogP contribution in [0, 0.1) is 0 Å². The number of fused-ring (bicyclic) bond motifs is 1. The van der Waals surface area contributed by atoms with E-state index in [0.29, 0.717) is 24.2 Å². The highest BCUT2D eigenvalue weighted by Gasteiger charge is 2.29. The zero-order valence-corrected chi connectivity index (χ0v) is 15.8. The molecule has 0 saturated carbocycles. The number of carbonyl (C=O) groups excluding carboxylic acids is 1. The molecule has 7 heteroatoms. The van der Waals surface area contributed by atoms with E-state index in [1.165, 1.54) is 10.6 Å². The summed E-state index contributed by atoms with van der Waals surface area (Å²) in [4.78, 5) is 15.1. The largest absolute Gasteiger partial charge is 0.336 e. The predicted octanol–water partition coefficient (Wildman–Crippen LogP) is 1.61. The molecule has 1 amide bonds. The maximum absolute atomic E-state index is 13.1. The Morgan fingerprint density at radius 2 is 2.04 bits per heavy atom. The molecule has 0 aliphatic carbocycles. The molecule has 0 radical (unpaired) electrons. The van der Waals surface area contributed by atoms with Crippen LogP contribution in [-0.2, 0) is 16.4 Å². The van der Waals surface area contributed by atoms with Crippen LogP contribution in [0.5, 0.6) is 0 Å². The zero-order valence-electron chi connectivity index (χ0n) is 15.0. The van der Waals surface area contributed by atoms with E-state index in [0.717, 1.165) is 44.5 Å². The lowest BCUT2D eigenvalue weighted by atomic mass is 10.0. The standard InChI is InChI=1S/C18H27N3O3S/c1-3-11-20(16-6-9-19-10-7-16)18(22)15-4-5-17-14(13-15)8-12-21(17)25(2,23)24/h4-5,13,16,19H,3,6-12H2,1-2H3. The molecule has 1 aromatic carbocycles. The summed E-state index contributed by atoms with van der Waals surface area (Å²) in [7, 11) is -3.26. The van der Waals surface area contributed by atoms with Crippen LogP contribution in [0.2, 0.25) is 0 Å². The lowest BCUT2D eigenvalue weighted by Gasteiger charge is -2.34. The number of carbonyl (C=O) groups is 1. The predicted molar refractivity (Wildman–Crippen MR) is 99.6 cm³/mol. The van der Waals surface area contributed by atoms with Crippen LogP contribution < -0.4 is 9.62 Å². The van der Waals surface area contributed by atoms with E-state index >= 15 is 0 Å². The molecule has 138 valence electrons. The molecule has 25 heavy (non-hydrogen) atoms. The second-order valence-electron chi connectivity index (χ2n) is 6.91. The number of nitrogens with zero attached hydrogens (tertiary/aromatic N) is 2. The molecular formula is C18H27N3O3S. The summed E-state index contributed by atoms with van der Waals surface area (Å²) >= 11 is 0. The number of anilines is 1. The van der Waals surface area contributed by atoms with Gasteiger partial charge in [0.1, 0.15) is 0 Å². The Morgan fingerprint density at radius 1 is 1.32 bits per heavy atom. The molecule has 1 fully saturated rings. The number of nitrogens with one attached hydrogen (secondary N) is 1. The highest BCUT2D eigenvalue weighted by Crippen LogP contribution is 2.31. The van der Waals surface area contributed by atoms with E-state index in [2.05, 4.69) is 12.2 Å². The van der Waals surface area contributed by atoms with Crippen molar-refractivity contribution in [2.45, 2.75) is 38.6 Å². The monoisotopic (exact) mass is 365 g/mol. The molecule has 0 atom stereocenters. The number of benzene rings is 1. The molecule has 0 unspecified atom stereocenters. The molecule has 6 nitrogen and oxygen atoms in total. The van der Waals surface area contributed by atoms with Gasteiger partial charge in [0.2, 0.25) is 10.0 Å². The molecule has 2 aliphatic heterocycles. The Kier molecular flexibility index (Phi) is 5.34. The van der Waals surface area contributed by atoms with Crippen molar-refractivity contribution in [3.63, 3.8) is 0 Å². The van der Waals surface area contributed by atoms with Gasteiger partial charge in [-0.15, -0.1) is 0 Å². The van der Waals surface area contributed by atoms with Crippen molar-refractivity contribution in [2.24, 2.45) is 0 Å². The number of hydrogen-bond acceptors (Lipinski definition) is 4. The second-order valence-corrected chi connectivity index (χ2v) is 8.82. The van der Waals surface area contributed by atoms with E-state index in [1.807, 2.05) is 11.0 Å². The number of rotatable bonds is 5. The van der Waals surface area contributed by atoms with Crippen molar-refractivity contribution in [3.05, 3.63) is 29.3 Å². The van der Waals surface area contributed by atoms with Crippen LogP contribution in [0.25, 0.3) is 0 Å². The van der Waals surface area contributed by atoms with Crippen molar-refractivity contribution in [1.29, 1.82) is 0 Å². The summed E-state index contributed by atoms with van der Waals surface area (Å²) < 4.78 is 25.1. The van der Waals surface area contributed by atoms with Crippen molar-refractivity contribution in [3.8, 4) is 0 Å². The maximum atomic E-state index is 13.1. The van der Waals surface area contributed by atoms with E-state index in [4.69, 9.17) is 0 Å². The summed E-state index contributed by atoms with van der Waals surface area (Å²) in [6, 6.07) is 5.72. The van der Waals surface area contributed by atoms with Crippen molar-refractivity contribution in [1.82, 2.24) is 10.2 Å². The van der Waals surface area contributed by atoms with E-state index < -0.39 is 10.0 Å². The fourth-order valence-corrected chi connectivity index (χ4v) is 4.78. The SMILES string of the molecule is CCCN(C(=O)c1ccc2c(c1)CCN2S(C)(=O)=O)C1CCNCC1. The molecule has 0 bridgehead atoms. The summed E-state index contributed by atoms with van der Waals surface area (Å²) in [5, 5.41) is 3.34. The van der Waals surface area contributed by atoms with Gasteiger partial charge in [-0.2, -0.15) is 0 Å². The van der Waals surface area contributed by atoms with Gasteiger partial charge in [-0.3, -0.25) is 9.10 Å². The lowest BCUT2D eigenvalue weighted by Crippen LogP contribution is -2.46. The van der Waals surface area contributed by atoms with Gasteiger partial charge < -0.3 is 10.2 Å². The third-order valence-corrected chi connectivity index (χ3v) is 6.23. The molecule has 2 aliphatic rings. The quantitative estimate of drug-likeness (QED) is 0.861. The number of sulfonamides is 1. The summed E-state index contributed by atoms with van der Waals surface area (Å²) in [5.74, 6) is 0.0642. The van der Waals surface area contributed by atoms with Crippen LogP contribution in [0.4, 0.5) is 5.69 Å². The molecule has 1 saturated heterocycles. The fourth-order valence-electron chi connectivity index (χ4n) is 3.82. The topological polar surface area (TPSA) is 69.7 Å².